The Balaban J connectivity index is 1.95. The van der Waals surface area contributed by atoms with Gasteiger partial charge >= 0.3 is 11.7 Å². The molecule has 0 aliphatic rings. The maximum Gasteiger partial charge on any atom is 0.353 e. The predicted molar refractivity (Wildman–Crippen MR) is 75.6 cm³/mol. The molecule has 0 fully saturated rings. The molecule has 0 radical (unpaired) electrons. The predicted octanol–water partition coefficient (Wildman–Crippen LogP) is 1.26. The van der Waals surface area contributed by atoms with Crippen LogP contribution in [-0.2, 0) is 7.05 Å². The van der Waals surface area contributed by atoms with Gasteiger partial charge in [0, 0.05) is 25.0 Å². The standard InChI is InChI=1S/C14H12N4O3/c1-17-6-7-18(14(17)21)10-4-2-9(3-5-10)11-8-12(13(19)20)16-15-11/h2-8H,1H3,(H,15,16)(H,19,20). The molecule has 2 N–H and O–H groups in total. The zero-order chi connectivity index (χ0) is 15.0. The first-order valence-electron chi connectivity index (χ1n) is 6.20. The summed E-state index contributed by atoms with van der Waals surface area (Å²) < 4.78 is 3.01. The number of carbonyl (C=O) groups is 1. The minimum atomic E-state index is -1.05. The van der Waals surface area contributed by atoms with Crippen LogP contribution in [0.5, 0.6) is 0 Å². The van der Waals surface area contributed by atoms with E-state index in [9.17, 15) is 9.59 Å². The molecule has 2 heterocycles. The second-order valence-corrected chi connectivity index (χ2v) is 4.58. The Morgan fingerprint density at radius 1 is 1.24 bits per heavy atom. The summed E-state index contributed by atoms with van der Waals surface area (Å²) in [7, 11) is 1.68. The van der Waals surface area contributed by atoms with E-state index < -0.39 is 5.97 Å². The van der Waals surface area contributed by atoms with Crippen LogP contribution in [0.25, 0.3) is 16.9 Å². The van der Waals surface area contributed by atoms with Gasteiger partial charge in [0.15, 0.2) is 0 Å². The van der Waals surface area contributed by atoms with Crippen molar-refractivity contribution in [3.63, 3.8) is 0 Å². The van der Waals surface area contributed by atoms with E-state index in [1.165, 1.54) is 15.2 Å². The Kier molecular flexibility index (Phi) is 2.94. The second kappa shape index (κ2) is 4.78. The number of carboxylic acid groups (broad SMARTS) is 1. The smallest absolute Gasteiger partial charge is 0.353 e. The Labute approximate surface area is 119 Å². The molecule has 2 aromatic heterocycles. The van der Waals surface area contributed by atoms with Gasteiger partial charge in [-0.05, 0) is 18.2 Å². The number of aromatic nitrogens is 4. The van der Waals surface area contributed by atoms with Crippen LogP contribution in [0.4, 0.5) is 0 Å². The molecule has 0 saturated carbocycles. The first-order chi connectivity index (χ1) is 10.1. The number of nitrogens with zero attached hydrogens (tertiary/aromatic N) is 3. The lowest BCUT2D eigenvalue weighted by molar-refractivity contribution is 0.0690. The lowest BCUT2D eigenvalue weighted by Gasteiger charge is -2.02. The number of nitrogens with one attached hydrogen (secondary N) is 1. The van der Waals surface area contributed by atoms with E-state index in [0.717, 1.165) is 11.3 Å². The minimum Gasteiger partial charge on any atom is -0.477 e. The summed E-state index contributed by atoms with van der Waals surface area (Å²) in [6.07, 6.45) is 3.37. The van der Waals surface area contributed by atoms with Crippen LogP contribution < -0.4 is 5.69 Å². The highest BCUT2D eigenvalue weighted by molar-refractivity contribution is 5.86. The molecule has 0 saturated heterocycles. The number of aryl methyl sites for hydroxylation is 1. The lowest BCUT2D eigenvalue weighted by atomic mass is 10.1. The van der Waals surface area contributed by atoms with Crippen molar-refractivity contribution in [2.75, 3.05) is 0 Å². The van der Waals surface area contributed by atoms with Crippen molar-refractivity contribution in [3.05, 3.63) is 58.9 Å². The molecule has 0 amide bonds. The molecule has 0 unspecified atom stereocenters. The Bertz CT molecular complexity index is 855. The van der Waals surface area contributed by atoms with Crippen LogP contribution in [0.2, 0.25) is 0 Å². The normalized spacial score (nSPS) is 10.7. The SMILES string of the molecule is Cn1ccn(-c2ccc(-c3cc(C(=O)O)[nH]n3)cc2)c1=O. The van der Waals surface area contributed by atoms with Gasteiger partial charge in [0.05, 0.1) is 11.4 Å². The van der Waals surface area contributed by atoms with Gasteiger partial charge in [0.25, 0.3) is 0 Å². The summed E-state index contributed by atoms with van der Waals surface area (Å²) in [4.78, 5) is 22.7. The third-order valence-corrected chi connectivity index (χ3v) is 3.20. The fraction of sp³-hybridized carbons (Fsp3) is 0.0714. The fourth-order valence-corrected chi connectivity index (χ4v) is 2.03. The molecule has 7 nitrogen and oxygen atoms in total. The molecular formula is C14H12N4O3. The molecule has 0 bridgehead atoms. The first-order valence-corrected chi connectivity index (χ1v) is 6.20. The van der Waals surface area contributed by atoms with Crippen LogP contribution in [0.1, 0.15) is 10.5 Å². The number of hydrogen-bond acceptors (Lipinski definition) is 3. The zero-order valence-corrected chi connectivity index (χ0v) is 11.1. The van der Waals surface area contributed by atoms with Crippen LogP contribution in [0, 0.1) is 0 Å². The van der Waals surface area contributed by atoms with Gasteiger partial charge in [-0.25, -0.2) is 9.59 Å². The second-order valence-electron chi connectivity index (χ2n) is 4.58. The summed E-state index contributed by atoms with van der Waals surface area (Å²) in [5.41, 5.74) is 1.95. The van der Waals surface area contributed by atoms with E-state index in [2.05, 4.69) is 10.2 Å². The number of aromatic carboxylic acids is 1. The Morgan fingerprint density at radius 2 is 1.95 bits per heavy atom. The Morgan fingerprint density at radius 3 is 2.48 bits per heavy atom. The Hall–Kier alpha value is -3.09. The van der Waals surface area contributed by atoms with Gasteiger partial charge in [-0.3, -0.25) is 9.67 Å². The van der Waals surface area contributed by atoms with Crippen molar-refractivity contribution in [2.24, 2.45) is 7.05 Å². The monoisotopic (exact) mass is 284 g/mol. The van der Waals surface area contributed by atoms with Crippen LogP contribution in [-0.4, -0.2) is 30.4 Å². The highest BCUT2D eigenvalue weighted by Crippen LogP contribution is 2.19. The van der Waals surface area contributed by atoms with E-state index >= 15 is 0 Å². The highest BCUT2D eigenvalue weighted by Gasteiger charge is 2.09. The molecule has 3 aromatic rings. The molecule has 21 heavy (non-hydrogen) atoms. The van der Waals surface area contributed by atoms with Crippen molar-refractivity contribution in [2.45, 2.75) is 0 Å². The summed E-state index contributed by atoms with van der Waals surface area (Å²) >= 11 is 0. The number of H-pyrrole nitrogens is 1. The van der Waals surface area contributed by atoms with Crippen LogP contribution in [0.15, 0.2) is 47.5 Å². The van der Waals surface area contributed by atoms with E-state index in [-0.39, 0.29) is 11.4 Å². The highest BCUT2D eigenvalue weighted by atomic mass is 16.4. The van der Waals surface area contributed by atoms with Crippen molar-refractivity contribution in [1.29, 1.82) is 0 Å². The number of aromatic amines is 1. The number of carboxylic acids is 1. The zero-order valence-electron chi connectivity index (χ0n) is 11.1. The third kappa shape index (κ3) is 2.25. The summed E-state index contributed by atoms with van der Waals surface area (Å²) in [6.45, 7) is 0. The van der Waals surface area contributed by atoms with Gasteiger partial charge in [-0.15, -0.1) is 0 Å². The summed E-state index contributed by atoms with van der Waals surface area (Å²) in [5, 5.41) is 15.3. The van der Waals surface area contributed by atoms with Gasteiger partial charge in [0.1, 0.15) is 5.69 Å². The summed E-state index contributed by atoms with van der Waals surface area (Å²) in [6, 6.07) is 8.61. The van der Waals surface area contributed by atoms with Crippen molar-refractivity contribution in [1.82, 2.24) is 19.3 Å². The third-order valence-electron chi connectivity index (χ3n) is 3.20. The molecular weight excluding hydrogens is 272 g/mol. The molecule has 1 aromatic carbocycles. The van der Waals surface area contributed by atoms with Crippen molar-refractivity contribution < 1.29 is 9.90 Å². The number of benzene rings is 1. The van der Waals surface area contributed by atoms with Gasteiger partial charge in [-0.2, -0.15) is 5.10 Å². The van der Waals surface area contributed by atoms with Crippen LogP contribution in [0.3, 0.4) is 0 Å². The number of imidazole rings is 1. The topological polar surface area (TPSA) is 92.9 Å². The van der Waals surface area contributed by atoms with E-state index in [0.29, 0.717) is 5.69 Å². The van der Waals surface area contributed by atoms with Crippen molar-refractivity contribution >= 4 is 5.97 Å². The first kappa shape index (κ1) is 12.9. The molecule has 0 atom stereocenters. The van der Waals surface area contributed by atoms with Gasteiger partial charge in [-0.1, -0.05) is 12.1 Å². The largest absolute Gasteiger partial charge is 0.477 e. The average Bonchev–Trinajstić information content (AvgIpc) is 3.08. The number of rotatable bonds is 3. The van der Waals surface area contributed by atoms with E-state index in [1.807, 2.05) is 0 Å². The number of hydrogen-bond donors (Lipinski definition) is 2. The molecule has 3 rings (SSSR count). The fourth-order valence-electron chi connectivity index (χ4n) is 2.03. The quantitative estimate of drug-likeness (QED) is 0.757. The maximum atomic E-state index is 11.8. The summed E-state index contributed by atoms with van der Waals surface area (Å²) in [5.74, 6) is -1.05. The van der Waals surface area contributed by atoms with E-state index in [4.69, 9.17) is 5.11 Å². The molecule has 7 heteroatoms. The molecule has 106 valence electrons. The van der Waals surface area contributed by atoms with E-state index in [1.54, 1.807) is 43.7 Å². The van der Waals surface area contributed by atoms with Gasteiger partial charge < -0.3 is 9.67 Å². The molecule has 0 aliphatic heterocycles. The van der Waals surface area contributed by atoms with Crippen LogP contribution >= 0.6 is 0 Å². The molecule has 0 aliphatic carbocycles. The maximum absolute atomic E-state index is 11.8. The minimum absolute atomic E-state index is 0.0355. The lowest BCUT2D eigenvalue weighted by Crippen LogP contribution is -2.20. The molecule has 0 spiro atoms. The van der Waals surface area contributed by atoms with Gasteiger partial charge in [0.2, 0.25) is 0 Å². The average molecular weight is 284 g/mol. The van der Waals surface area contributed by atoms with Crippen molar-refractivity contribution in [3.8, 4) is 16.9 Å².